The van der Waals surface area contributed by atoms with E-state index in [-0.39, 0.29) is 0 Å². The lowest BCUT2D eigenvalue weighted by Gasteiger charge is -2.20. The van der Waals surface area contributed by atoms with Crippen LogP contribution in [0.25, 0.3) is 0 Å². The third-order valence-electron chi connectivity index (χ3n) is 8.49. The smallest absolute Gasteiger partial charge is 0.322 e. The lowest BCUT2D eigenvalue weighted by atomic mass is 10.2. The number of amides is 13. The Balaban J connectivity index is 4.89. The average molecular weight is 1030 g/mol. The number of carbonyl (C=O) groups is 14. The maximum atomic E-state index is 12.6. The highest BCUT2D eigenvalue weighted by Gasteiger charge is 2.28. The summed E-state index contributed by atoms with van der Waals surface area (Å²) in [6.07, 6.45) is 0. The van der Waals surface area contributed by atoms with Crippen molar-refractivity contribution in [1.82, 2.24) is 69.1 Å². The first-order valence-electron chi connectivity index (χ1n) is 20.4. The summed E-state index contributed by atoms with van der Waals surface area (Å²) in [5.41, 5.74) is 5.28. The van der Waals surface area contributed by atoms with Gasteiger partial charge in [-0.15, -0.1) is 0 Å². The molecule has 0 bridgehead atoms. The van der Waals surface area contributed by atoms with Gasteiger partial charge in [-0.2, -0.15) is 0 Å². The van der Waals surface area contributed by atoms with E-state index in [0.29, 0.717) is 0 Å². The van der Waals surface area contributed by atoms with Gasteiger partial charge in [-0.1, -0.05) is 0 Å². The van der Waals surface area contributed by atoms with Crippen LogP contribution in [0.15, 0.2) is 0 Å². The van der Waals surface area contributed by atoms with Gasteiger partial charge in [0.25, 0.3) is 0 Å². The fourth-order valence-electron chi connectivity index (χ4n) is 4.76. The molecule has 0 rings (SSSR count). The molecule has 0 aliphatic carbocycles. The van der Waals surface area contributed by atoms with Crippen molar-refractivity contribution in [3.63, 3.8) is 0 Å². The molecule has 0 saturated heterocycles. The molecule has 0 unspecified atom stereocenters. The minimum Gasteiger partial charge on any atom is -0.480 e. The van der Waals surface area contributed by atoms with Crippen LogP contribution >= 0.6 is 0 Å². The van der Waals surface area contributed by atoms with Crippen LogP contribution in [0.1, 0.15) is 0 Å². The Morgan fingerprint density at radius 1 is 0.282 bits per heavy atom. The average Bonchev–Trinajstić information content (AvgIpc) is 3.35. The number of nitrogens with two attached hydrogens (primary N) is 1. The zero-order valence-corrected chi connectivity index (χ0v) is 37.3. The van der Waals surface area contributed by atoms with E-state index in [9.17, 15) is 97.8 Å². The molecule has 0 aromatic heterocycles. The molecule has 7 atom stereocenters. The minimum absolute atomic E-state index is 0.692. The number of carboxylic acids is 1. The molecule has 36 nitrogen and oxygen atoms in total. The number of nitrogens with one attached hydrogen (secondary N) is 13. The molecule has 71 heavy (non-hydrogen) atoms. The van der Waals surface area contributed by atoms with Gasteiger partial charge >= 0.3 is 5.97 Å². The van der Waals surface area contributed by atoms with Crippen LogP contribution in [0, 0.1) is 0 Å². The van der Waals surface area contributed by atoms with Gasteiger partial charge in [-0.05, 0) is 0 Å². The Morgan fingerprint density at radius 2 is 0.451 bits per heavy atom. The van der Waals surface area contributed by atoms with Crippen molar-refractivity contribution in [3.8, 4) is 0 Å². The largest absolute Gasteiger partial charge is 0.480 e. The first-order chi connectivity index (χ1) is 33.5. The molecule has 0 saturated carbocycles. The molecule has 36 heteroatoms. The lowest BCUT2D eigenvalue weighted by molar-refractivity contribution is -0.138. The fraction of sp³-hybridized carbons (Fsp3) is 0.600. The molecular formula is C35H58N14O22. The van der Waals surface area contributed by atoms with E-state index in [1.54, 1.807) is 0 Å². The third-order valence-corrected chi connectivity index (χ3v) is 8.49. The summed E-state index contributed by atoms with van der Waals surface area (Å²) in [6.45, 7) is -12.8. The van der Waals surface area contributed by atoms with Gasteiger partial charge in [0, 0.05) is 0 Å². The SMILES string of the molecule is N[C@@H](CO)C(=O)NCC(=O)N[C@@H](CO)C(=O)NCC(=O)N[C@@H](CO)C(=O)NCC(=O)N[C@@H](CO)C(=O)NCC(=O)N[C@@H](CO)C(=O)NCC(=O)N[C@@H](CO)C(=O)NCC(=O)N[C@@H](CO)C(=O)NCC(=O)O. The maximum absolute atomic E-state index is 12.6. The maximum Gasteiger partial charge on any atom is 0.322 e. The summed E-state index contributed by atoms with van der Waals surface area (Å²) < 4.78 is 0. The third kappa shape index (κ3) is 26.0. The molecule has 0 aliphatic rings. The van der Waals surface area contributed by atoms with Gasteiger partial charge in [0.05, 0.1) is 85.5 Å². The summed E-state index contributed by atoms with van der Waals surface area (Å²) in [5.74, 6) is -15.5. The van der Waals surface area contributed by atoms with E-state index < -0.39 is 217 Å². The van der Waals surface area contributed by atoms with Crippen LogP contribution in [-0.4, -0.2) is 258 Å². The first kappa shape index (κ1) is 63.3. The molecule has 0 aromatic carbocycles. The highest BCUT2D eigenvalue weighted by molar-refractivity contribution is 5.97. The molecule has 0 aliphatic heterocycles. The van der Waals surface area contributed by atoms with Crippen molar-refractivity contribution in [2.45, 2.75) is 42.3 Å². The van der Waals surface area contributed by atoms with Crippen LogP contribution < -0.4 is 74.9 Å². The zero-order chi connectivity index (χ0) is 54.2. The van der Waals surface area contributed by atoms with Gasteiger partial charge in [0.2, 0.25) is 76.8 Å². The Hall–Kier alpha value is -7.74. The molecule has 0 radical (unpaired) electrons. The normalized spacial score (nSPS) is 13.5. The van der Waals surface area contributed by atoms with Gasteiger partial charge < -0.3 is 116 Å². The molecule has 0 heterocycles. The Bertz CT molecular complexity index is 1910. The predicted molar refractivity (Wildman–Crippen MR) is 228 cm³/mol. The lowest BCUT2D eigenvalue weighted by Crippen LogP contribution is -2.57. The molecule has 13 amide bonds. The molecular weight excluding hydrogens is 968 g/mol. The highest BCUT2D eigenvalue weighted by atomic mass is 16.4. The quantitative estimate of drug-likeness (QED) is 0.0285. The van der Waals surface area contributed by atoms with E-state index in [0.717, 1.165) is 0 Å². The monoisotopic (exact) mass is 1030 g/mol. The molecule has 0 spiro atoms. The number of carbonyl (C=O) groups excluding carboxylic acids is 13. The number of carboxylic acid groups (broad SMARTS) is 1. The van der Waals surface area contributed by atoms with Gasteiger partial charge in [0.15, 0.2) is 0 Å². The van der Waals surface area contributed by atoms with Crippen molar-refractivity contribution in [1.29, 1.82) is 0 Å². The molecule has 0 fully saturated rings. The van der Waals surface area contributed by atoms with Crippen LogP contribution in [0.3, 0.4) is 0 Å². The summed E-state index contributed by atoms with van der Waals surface area (Å²) in [7, 11) is 0. The van der Waals surface area contributed by atoms with Crippen molar-refractivity contribution in [3.05, 3.63) is 0 Å². The van der Waals surface area contributed by atoms with Crippen LogP contribution in [0.4, 0.5) is 0 Å². The standard InChI is InChI=1S/C35H58N14O22/c36-15(8-50)29(65)37-1-22(57)44-16(9-51)30(66)38-2-23(58)45-17(10-52)31(67)39-3-24(59)46-18(11-53)32(68)40-4-25(60)47-19(12-54)33(69)41-5-26(61)48-20(13-55)34(70)42-6-27(62)49-21(14-56)35(71)43-7-28(63)64/h15-21,50-56H,1-14,36H2,(H,37,65)(H,38,66)(H,39,67)(H,40,68)(H,41,69)(H,42,70)(H,43,71)(H,44,57)(H,45,58)(H,46,59)(H,47,60)(H,48,61)(H,49,62)(H,63,64)/t15-,16-,17-,18-,19-,20-,21-/m0/s1. The fourth-order valence-corrected chi connectivity index (χ4v) is 4.76. The summed E-state index contributed by atoms with van der Waals surface area (Å²) in [4.78, 5) is 170. The van der Waals surface area contributed by atoms with E-state index >= 15 is 0 Å². The van der Waals surface area contributed by atoms with Gasteiger partial charge in [-0.3, -0.25) is 67.1 Å². The van der Waals surface area contributed by atoms with E-state index in [2.05, 4.69) is 10.6 Å². The summed E-state index contributed by atoms with van der Waals surface area (Å²) in [5, 5.41) is 101. The first-order valence-corrected chi connectivity index (χ1v) is 20.4. The minimum atomic E-state index is -1.75. The number of aliphatic hydroxyl groups excluding tert-OH is 7. The summed E-state index contributed by atoms with van der Waals surface area (Å²) in [6, 6.07) is -11.4. The van der Waals surface area contributed by atoms with Crippen molar-refractivity contribution >= 4 is 82.8 Å². The number of hydrogen-bond donors (Lipinski definition) is 22. The topological polar surface area (TPSA) is 583 Å². The molecule has 23 N–H and O–H groups in total. The van der Waals surface area contributed by atoms with Crippen molar-refractivity contribution in [2.75, 3.05) is 92.1 Å². The molecule has 0 aromatic rings. The van der Waals surface area contributed by atoms with Gasteiger partial charge in [-0.25, -0.2) is 0 Å². The number of hydrogen-bond acceptors (Lipinski definition) is 22. The van der Waals surface area contributed by atoms with Crippen LogP contribution in [0.5, 0.6) is 0 Å². The summed E-state index contributed by atoms with van der Waals surface area (Å²) >= 11 is 0. The number of aliphatic carboxylic acids is 1. The molecule has 400 valence electrons. The Labute approximate surface area is 399 Å². The van der Waals surface area contributed by atoms with E-state index in [4.69, 9.17) is 15.9 Å². The predicted octanol–water partition coefficient (Wildman–Crippen LogP) is -16.9. The van der Waals surface area contributed by atoms with E-state index in [1.807, 2.05) is 58.5 Å². The van der Waals surface area contributed by atoms with Crippen LogP contribution in [-0.2, 0) is 67.1 Å². The van der Waals surface area contributed by atoms with Gasteiger partial charge in [0.1, 0.15) is 48.8 Å². The second-order valence-electron chi connectivity index (χ2n) is 14.0. The van der Waals surface area contributed by atoms with Crippen LogP contribution in [0.2, 0.25) is 0 Å². The number of aliphatic hydroxyl groups is 7. The highest BCUT2D eigenvalue weighted by Crippen LogP contribution is 1.91. The van der Waals surface area contributed by atoms with E-state index in [1.165, 1.54) is 0 Å². The second kappa shape index (κ2) is 34.5. The Morgan fingerprint density at radius 3 is 0.606 bits per heavy atom. The second-order valence-corrected chi connectivity index (χ2v) is 14.0. The zero-order valence-electron chi connectivity index (χ0n) is 37.3. The van der Waals surface area contributed by atoms with Crippen molar-refractivity contribution in [2.24, 2.45) is 5.73 Å². The number of rotatable bonds is 34. The Kier molecular flexibility index (Phi) is 30.8. The van der Waals surface area contributed by atoms with Crippen molar-refractivity contribution < 1.29 is 108 Å².